The van der Waals surface area contributed by atoms with E-state index < -0.39 is 0 Å². The summed E-state index contributed by atoms with van der Waals surface area (Å²) >= 11 is 5.64. The highest BCUT2D eigenvalue weighted by atomic mass is 35.5. The normalized spacial score (nSPS) is 13.6. The molecule has 206 valence electrons. The first-order valence-corrected chi connectivity index (χ1v) is 13.9. The summed E-state index contributed by atoms with van der Waals surface area (Å²) in [4.78, 5) is 0. The van der Waals surface area contributed by atoms with Gasteiger partial charge in [0.15, 0.2) is 5.76 Å². The van der Waals surface area contributed by atoms with Crippen molar-refractivity contribution in [1.29, 1.82) is 0 Å². The Kier molecular flexibility index (Phi) is 20.8. The van der Waals surface area contributed by atoms with Gasteiger partial charge in [-0.3, -0.25) is 0 Å². The minimum Gasteiger partial charge on any atom is -0.502 e. The monoisotopic (exact) mass is 528 g/mol. The number of nitrogens with zero attached hydrogens (tertiary/aromatic N) is 1. The summed E-state index contributed by atoms with van der Waals surface area (Å²) in [6.45, 7) is 15.8. The molecule has 1 saturated carbocycles. The number of aryl methyl sites for hydroxylation is 1. The summed E-state index contributed by atoms with van der Waals surface area (Å²) in [5.74, 6) is 1.71. The molecule has 37 heavy (non-hydrogen) atoms. The average molecular weight is 529 g/mol. The van der Waals surface area contributed by atoms with Crippen LogP contribution in [-0.2, 0) is 11.2 Å². The SMILES string of the molecule is C=COCC.CC.CNc1c(C)noc1-c1ccc(CC2CCCCC2)cc1.C\C=C/C=C\C(Cl)=C/C. The second-order valence-electron chi connectivity index (χ2n) is 8.31. The van der Waals surface area contributed by atoms with E-state index in [1.165, 1.54) is 50.4 Å². The molecule has 4 nitrogen and oxygen atoms in total. The largest absolute Gasteiger partial charge is 0.502 e. The van der Waals surface area contributed by atoms with Gasteiger partial charge in [-0.25, -0.2) is 0 Å². The highest BCUT2D eigenvalue weighted by molar-refractivity contribution is 6.31. The predicted octanol–water partition coefficient (Wildman–Crippen LogP) is 10.3. The van der Waals surface area contributed by atoms with Crippen molar-refractivity contribution >= 4 is 17.3 Å². The van der Waals surface area contributed by atoms with Gasteiger partial charge in [0, 0.05) is 17.6 Å². The van der Waals surface area contributed by atoms with Crippen LogP contribution in [0.3, 0.4) is 0 Å². The molecule has 5 heteroatoms. The van der Waals surface area contributed by atoms with Crippen LogP contribution in [0.1, 0.15) is 78.0 Å². The van der Waals surface area contributed by atoms with E-state index in [2.05, 4.69) is 46.1 Å². The third-order valence-electron chi connectivity index (χ3n) is 5.70. The van der Waals surface area contributed by atoms with Gasteiger partial charge >= 0.3 is 0 Å². The van der Waals surface area contributed by atoms with Gasteiger partial charge in [0.05, 0.1) is 12.9 Å². The van der Waals surface area contributed by atoms with E-state index in [9.17, 15) is 0 Å². The number of halogens is 1. The zero-order valence-electron chi connectivity index (χ0n) is 24.1. The van der Waals surface area contributed by atoms with Gasteiger partial charge in [-0.15, -0.1) is 0 Å². The number of allylic oxidation sites excluding steroid dienone is 6. The molecule has 0 saturated heterocycles. The third-order valence-corrected chi connectivity index (χ3v) is 6.04. The number of benzene rings is 1. The van der Waals surface area contributed by atoms with Crippen molar-refractivity contribution in [3.63, 3.8) is 0 Å². The van der Waals surface area contributed by atoms with Gasteiger partial charge < -0.3 is 14.6 Å². The van der Waals surface area contributed by atoms with Gasteiger partial charge in [0.25, 0.3) is 0 Å². The van der Waals surface area contributed by atoms with Crippen molar-refractivity contribution in [2.75, 3.05) is 19.0 Å². The van der Waals surface area contributed by atoms with Gasteiger partial charge in [-0.2, -0.15) is 0 Å². The fourth-order valence-corrected chi connectivity index (χ4v) is 3.92. The summed E-state index contributed by atoms with van der Waals surface area (Å²) in [5.41, 5.74) is 4.41. The summed E-state index contributed by atoms with van der Waals surface area (Å²) < 4.78 is 10.0. The van der Waals surface area contributed by atoms with Crippen LogP contribution in [0.15, 0.2) is 77.0 Å². The number of hydrogen-bond donors (Lipinski definition) is 1. The number of rotatable bonds is 8. The Labute approximate surface area is 231 Å². The minimum atomic E-state index is 0.726. The van der Waals surface area contributed by atoms with E-state index in [-0.39, 0.29) is 0 Å². The zero-order chi connectivity index (χ0) is 27.9. The van der Waals surface area contributed by atoms with Crippen LogP contribution in [-0.4, -0.2) is 18.8 Å². The number of anilines is 1. The van der Waals surface area contributed by atoms with E-state index in [0.717, 1.165) is 40.3 Å². The molecule has 1 N–H and O–H groups in total. The van der Waals surface area contributed by atoms with Crippen LogP contribution in [0.2, 0.25) is 0 Å². The Morgan fingerprint density at radius 1 is 1.14 bits per heavy atom. The molecule has 1 aromatic carbocycles. The lowest BCUT2D eigenvalue weighted by molar-refractivity contribution is 0.270. The Morgan fingerprint density at radius 2 is 1.78 bits per heavy atom. The highest BCUT2D eigenvalue weighted by Crippen LogP contribution is 2.32. The summed E-state index contributed by atoms with van der Waals surface area (Å²) in [6, 6.07) is 8.78. The van der Waals surface area contributed by atoms with Crippen LogP contribution in [0.25, 0.3) is 11.3 Å². The van der Waals surface area contributed by atoms with Crippen LogP contribution >= 0.6 is 11.6 Å². The fourth-order valence-electron chi connectivity index (χ4n) is 3.85. The van der Waals surface area contributed by atoms with E-state index in [4.69, 9.17) is 16.1 Å². The lowest BCUT2D eigenvalue weighted by Gasteiger charge is -2.21. The average Bonchev–Trinajstić information content (AvgIpc) is 3.32. The molecule has 0 spiro atoms. The van der Waals surface area contributed by atoms with Crippen molar-refractivity contribution in [3.05, 3.63) is 83.8 Å². The molecule has 1 aliphatic rings. The van der Waals surface area contributed by atoms with Gasteiger partial charge in [-0.05, 0) is 51.7 Å². The molecule has 3 rings (SSSR count). The third kappa shape index (κ3) is 14.6. The quantitative estimate of drug-likeness (QED) is 0.273. The lowest BCUT2D eigenvalue weighted by Crippen LogP contribution is -2.09. The van der Waals surface area contributed by atoms with Crippen LogP contribution in [0, 0.1) is 12.8 Å². The summed E-state index contributed by atoms with van der Waals surface area (Å²) in [7, 11) is 1.90. The molecule has 0 bridgehead atoms. The van der Waals surface area contributed by atoms with E-state index in [1.807, 2.05) is 79.0 Å². The first kappa shape index (κ1) is 34.3. The molecular formula is C32H49ClN2O2. The van der Waals surface area contributed by atoms with Crippen LogP contribution in [0.5, 0.6) is 0 Å². The van der Waals surface area contributed by atoms with Gasteiger partial charge in [-0.1, -0.05) is 118 Å². The smallest absolute Gasteiger partial charge is 0.190 e. The number of hydrogen-bond acceptors (Lipinski definition) is 4. The lowest BCUT2D eigenvalue weighted by atomic mass is 9.85. The summed E-state index contributed by atoms with van der Waals surface area (Å²) in [6.07, 6.45) is 19.2. The molecule has 0 atom stereocenters. The molecule has 0 radical (unpaired) electrons. The minimum absolute atomic E-state index is 0.726. The van der Waals surface area contributed by atoms with Crippen molar-refractivity contribution in [2.45, 2.75) is 80.1 Å². The standard InChI is InChI=1S/C18H24N2O.C8H11Cl.C4H8O.C2H6/c1-13-17(19-2)18(21-20-13)16-10-8-15(9-11-16)12-14-6-4-3-5-7-14;1-3-5-6-7-8(9)4-2;1-3-5-4-2;1-2/h8-11,14,19H,3-7,12H2,1-2H3;3-7H,1-2H3;3H,1,4H2,2H3;1-2H3/b;5-3-,7-6-,8-4+;;. The number of aromatic nitrogens is 1. The molecule has 1 heterocycles. The Bertz CT molecular complexity index is 921. The Balaban J connectivity index is 0.000000676. The van der Waals surface area contributed by atoms with E-state index in [0.29, 0.717) is 0 Å². The molecule has 2 aromatic rings. The maximum Gasteiger partial charge on any atom is 0.190 e. The van der Waals surface area contributed by atoms with Crippen LogP contribution < -0.4 is 5.32 Å². The molecule has 0 aliphatic heterocycles. The second kappa shape index (κ2) is 22.5. The van der Waals surface area contributed by atoms with Crippen molar-refractivity contribution in [1.82, 2.24) is 5.16 Å². The molecule has 0 unspecified atom stereocenters. The molecule has 1 aromatic heterocycles. The Morgan fingerprint density at radius 3 is 2.27 bits per heavy atom. The van der Waals surface area contributed by atoms with E-state index >= 15 is 0 Å². The second-order valence-corrected chi connectivity index (χ2v) is 8.74. The summed E-state index contributed by atoms with van der Waals surface area (Å²) in [5, 5.41) is 7.98. The molecule has 1 aliphatic carbocycles. The van der Waals surface area contributed by atoms with Gasteiger partial charge in [0.2, 0.25) is 0 Å². The highest BCUT2D eigenvalue weighted by Gasteiger charge is 2.16. The first-order chi connectivity index (χ1) is 18.0. The zero-order valence-corrected chi connectivity index (χ0v) is 24.9. The van der Waals surface area contributed by atoms with E-state index in [1.54, 1.807) is 0 Å². The fraction of sp³-hybridized carbons (Fsp3) is 0.469. The molecule has 0 amide bonds. The maximum atomic E-state index is 5.64. The predicted molar refractivity (Wildman–Crippen MR) is 163 cm³/mol. The van der Waals surface area contributed by atoms with Crippen LogP contribution in [0.4, 0.5) is 5.69 Å². The Hall–Kier alpha value is -2.72. The van der Waals surface area contributed by atoms with Crippen molar-refractivity contribution < 1.29 is 9.26 Å². The number of nitrogens with one attached hydrogen (secondary N) is 1. The molecule has 1 fully saturated rings. The van der Waals surface area contributed by atoms with Gasteiger partial charge in [0.1, 0.15) is 11.4 Å². The first-order valence-electron chi connectivity index (χ1n) is 13.6. The maximum absolute atomic E-state index is 5.64. The number of ether oxygens (including phenoxy) is 1. The van der Waals surface area contributed by atoms with Crippen molar-refractivity contribution in [3.8, 4) is 11.3 Å². The molecular weight excluding hydrogens is 480 g/mol. The van der Waals surface area contributed by atoms with Crippen molar-refractivity contribution in [2.24, 2.45) is 5.92 Å². The topological polar surface area (TPSA) is 47.3 Å².